The van der Waals surface area contributed by atoms with Gasteiger partial charge >= 0.3 is 0 Å². The molecule has 2 aromatic rings. The summed E-state index contributed by atoms with van der Waals surface area (Å²) in [5, 5.41) is 10.5. The fourth-order valence-electron chi connectivity index (χ4n) is 1.56. The van der Waals surface area contributed by atoms with Crippen LogP contribution in [0.3, 0.4) is 0 Å². The molecule has 7 nitrogen and oxygen atoms in total. The zero-order valence-corrected chi connectivity index (χ0v) is 10.9. The van der Waals surface area contributed by atoms with Crippen molar-refractivity contribution in [2.24, 2.45) is 7.05 Å². The van der Waals surface area contributed by atoms with Gasteiger partial charge in [0.05, 0.1) is 20.4 Å². The molecule has 0 atom stereocenters. The van der Waals surface area contributed by atoms with E-state index in [4.69, 9.17) is 9.47 Å². The largest absolute Gasteiger partial charge is 0.493 e. The number of ether oxygens (including phenoxy) is 2. The summed E-state index contributed by atoms with van der Waals surface area (Å²) in [7, 11) is 4.73. The van der Waals surface area contributed by atoms with Crippen molar-refractivity contribution in [3.8, 4) is 11.5 Å². The van der Waals surface area contributed by atoms with Crippen molar-refractivity contribution in [2.75, 3.05) is 19.5 Å². The van der Waals surface area contributed by atoms with Gasteiger partial charge in [0.15, 0.2) is 17.2 Å². The number of rotatable bonds is 4. The maximum Gasteiger partial charge on any atom is 0.277 e. The second-order valence-corrected chi connectivity index (χ2v) is 3.74. The number of methoxy groups -OCH3 is 2. The number of anilines is 1. The molecule has 0 saturated heterocycles. The number of amides is 1. The SMILES string of the molecule is COc1ccc(NC(=O)c2cnn(C)n2)cc1OC. The molecule has 1 aromatic carbocycles. The summed E-state index contributed by atoms with van der Waals surface area (Å²) < 4.78 is 10.3. The highest BCUT2D eigenvalue weighted by Gasteiger charge is 2.11. The Morgan fingerprint density at radius 3 is 2.58 bits per heavy atom. The van der Waals surface area contributed by atoms with Crippen molar-refractivity contribution in [1.29, 1.82) is 0 Å². The second-order valence-electron chi connectivity index (χ2n) is 3.74. The molecule has 1 N–H and O–H groups in total. The van der Waals surface area contributed by atoms with Crippen LogP contribution in [0.1, 0.15) is 10.5 Å². The van der Waals surface area contributed by atoms with Crippen LogP contribution in [0, 0.1) is 0 Å². The van der Waals surface area contributed by atoms with Gasteiger partial charge in [-0.2, -0.15) is 9.90 Å². The number of carbonyl (C=O) groups excluding carboxylic acids is 1. The summed E-state index contributed by atoms with van der Waals surface area (Å²) in [6, 6.07) is 5.11. The van der Waals surface area contributed by atoms with E-state index < -0.39 is 0 Å². The minimum atomic E-state index is -0.333. The quantitative estimate of drug-likeness (QED) is 0.892. The van der Waals surface area contributed by atoms with Crippen molar-refractivity contribution < 1.29 is 14.3 Å². The number of benzene rings is 1. The molecule has 7 heteroatoms. The van der Waals surface area contributed by atoms with Crippen LogP contribution in [-0.4, -0.2) is 35.1 Å². The minimum absolute atomic E-state index is 0.247. The van der Waals surface area contributed by atoms with Gasteiger partial charge in [-0.15, -0.1) is 5.10 Å². The van der Waals surface area contributed by atoms with E-state index in [0.29, 0.717) is 17.2 Å². The van der Waals surface area contributed by atoms with Crippen LogP contribution in [0.15, 0.2) is 24.4 Å². The number of nitrogens with one attached hydrogen (secondary N) is 1. The third kappa shape index (κ3) is 2.82. The Kier molecular flexibility index (Phi) is 3.65. The normalized spacial score (nSPS) is 10.1. The van der Waals surface area contributed by atoms with Gasteiger partial charge in [-0.1, -0.05) is 0 Å². The third-order valence-electron chi connectivity index (χ3n) is 2.47. The van der Waals surface area contributed by atoms with Crippen molar-refractivity contribution in [3.63, 3.8) is 0 Å². The molecule has 0 aliphatic heterocycles. The lowest BCUT2D eigenvalue weighted by atomic mass is 10.2. The molecule has 0 fully saturated rings. The summed E-state index contributed by atoms with van der Waals surface area (Å²) in [4.78, 5) is 13.2. The van der Waals surface area contributed by atoms with E-state index in [0.717, 1.165) is 0 Å². The van der Waals surface area contributed by atoms with Gasteiger partial charge in [-0.05, 0) is 12.1 Å². The van der Waals surface area contributed by atoms with Gasteiger partial charge in [0, 0.05) is 18.8 Å². The van der Waals surface area contributed by atoms with E-state index in [2.05, 4.69) is 15.5 Å². The zero-order valence-electron chi connectivity index (χ0n) is 10.9. The molecule has 0 unspecified atom stereocenters. The zero-order chi connectivity index (χ0) is 13.8. The maximum atomic E-state index is 11.9. The summed E-state index contributed by atoms with van der Waals surface area (Å²) in [6.45, 7) is 0. The topological polar surface area (TPSA) is 78.3 Å². The van der Waals surface area contributed by atoms with E-state index in [9.17, 15) is 4.79 Å². The minimum Gasteiger partial charge on any atom is -0.493 e. The third-order valence-corrected chi connectivity index (χ3v) is 2.47. The Labute approximate surface area is 110 Å². The Morgan fingerprint density at radius 1 is 1.26 bits per heavy atom. The molecule has 0 radical (unpaired) electrons. The molecule has 0 bridgehead atoms. The number of aryl methyl sites for hydroxylation is 1. The molecule has 1 aromatic heterocycles. The molecular weight excluding hydrogens is 248 g/mol. The Morgan fingerprint density at radius 2 is 2.00 bits per heavy atom. The van der Waals surface area contributed by atoms with E-state index in [-0.39, 0.29) is 11.6 Å². The Balaban J connectivity index is 2.17. The average Bonchev–Trinajstić information content (AvgIpc) is 2.85. The molecular formula is C12H14N4O3. The number of carbonyl (C=O) groups is 1. The van der Waals surface area contributed by atoms with Crippen LogP contribution < -0.4 is 14.8 Å². The summed E-state index contributed by atoms with van der Waals surface area (Å²) in [5.41, 5.74) is 0.839. The first kappa shape index (κ1) is 12.9. The molecule has 0 spiro atoms. The molecule has 1 heterocycles. The monoisotopic (exact) mass is 262 g/mol. The van der Waals surface area contributed by atoms with Crippen LogP contribution in [-0.2, 0) is 7.05 Å². The first-order valence-corrected chi connectivity index (χ1v) is 5.53. The van der Waals surface area contributed by atoms with Crippen molar-refractivity contribution in [3.05, 3.63) is 30.1 Å². The van der Waals surface area contributed by atoms with Gasteiger partial charge in [-0.3, -0.25) is 4.79 Å². The first-order chi connectivity index (χ1) is 9.13. The van der Waals surface area contributed by atoms with Gasteiger partial charge in [0.2, 0.25) is 0 Å². The fraction of sp³-hybridized carbons (Fsp3) is 0.250. The highest BCUT2D eigenvalue weighted by molar-refractivity contribution is 6.02. The lowest BCUT2D eigenvalue weighted by Gasteiger charge is -2.09. The Bertz CT molecular complexity index is 594. The van der Waals surface area contributed by atoms with Gasteiger partial charge in [0.25, 0.3) is 5.91 Å². The van der Waals surface area contributed by atoms with Crippen LogP contribution in [0.25, 0.3) is 0 Å². The fourth-order valence-corrected chi connectivity index (χ4v) is 1.56. The average molecular weight is 262 g/mol. The lowest BCUT2D eigenvalue weighted by molar-refractivity contribution is 0.102. The smallest absolute Gasteiger partial charge is 0.277 e. The number of aromatic nitrogens is 3. The van der Waals surface area contributed by atoms with Crippen molar-refractivity contribution in [1.82, 2.24) is 15.0 Å². The maximum absolute atomic E-state index is 11.9. The summed E-state index contributed by atoms with van der Waals surface area (Å²) >= 11 is 0. The molecule has 2 rings (SSSR count). The predicted molar refractivity (Wildman–Crippen MR) is 68.5 cm³/mol. The van der Waals surface area contributed by atoms with Crippen LogP contribution >= 0.6 is 0 Å². The van der Waals surface area contributed by atoms with Gasteiger partial charge in [-0.25, -0.2) is 0 Å². The van der Waals surface area contributed by atoms with Crippen LogP contribution in [0.5, 0.6) is 11.5 Å². The van der Waals surface area contributed by atoms with Crippen LogP contribution in [0.4, 0.5) is 5.69 Å². The molecule has 0 saturated carbocycles. The number of nitrogens with zero attached hydrogens (tertiary/aromatic N) is 3. The number of hydrogen-bond acceptors (Lipinski definition) is 5. The van der Waals surface area contributed by atoms with E-state index in [1.165, 1.54) is 18.1 Å². The predicted octanol–water partition coefficient (Wildman–Crippen LogP) is 1.08. The molecule has 0 aliphatic carbocycles. The lowest BCUT2D eigenvalue weighted by Crippen LogP contribution is -2.13. The van der Waals surface area contributed by atoms with E-state index >= 15 is 0 Å². The first-order valence-electron chi connectivity index (χ1n) is 5.53. The summed E-state index contributed by atoms with van der Waals surface area (Å²) in [6.07, 6.45) is 1.40. The standard InChI is InChI=1S/C12H14N4O3/c1-16-13-7-9(15-16)12(17)14-8-4-5-10(18-2)11(6-8)19-3/h4-7H,1-3H3,(H,14,17). The van der Waals surface area contributed by atoms with Gasteiger partial charge in [0.1, 0.15) is 0 Å². The van der Waals surface area contributed by atoms with E-state index in [1.807, 2.05) is 0 Å². The molecule has 19 heavy (non-hydrogen) atoms. The second kappa shape index (κ2) is 5.38. The van der Waals surface area contributed by atoms with Crippen molar-refractivity contribution in [2.45, 2.75) is 0 Å². The highest BCUT2D eigenvalue weighted by atomic mass is 16.5. The van der Waals surface area contributed by atoms with Crippen LogP contribution in [0.2, 0.25) is 0 Å². The summed E-state index contributed by atoms with van der Waals surface area (Å²) in [5.74, 6) is 0.805. The molecule has 100 valence electrons. The van der Waals surface area contributed by atoms with Gasteiger partial charge < -0.3 is 14.8 Å². The van der Waals surface area contributed by atoms with E-state index in [1.54, 1.807) is 32.4 Å². The molecule has 0 aliphatic rings. The van der Waals surface area contributed by atoms with Crippen molar-refractivity contribution >= 4 is 11.6 Å². The highest BCUT2D eigenvalue weighted by Crippen LogP contribution is 2.29. The Hall–Kier alpha value is -2.57. The molecule has 1 amide bonds. The number of hydrogen-bond donors (Lipinski definition) is 1.